The predicted octanol–water partition coefficient (Wildman–Crippen LogP) is 4.07. The van der Waals surface area contributed by atoms with Crippen molar-refractivity contribution in [2.75, 3.05) is 6.54 Å². The molecule has 1 aromatic carbocycles. The average molecular weight is 395 g/mol. The second kappa shape index (κ2) is 7.43. The summed E-state index contributed by atoms with van der Waals surface area (Å²) in [4.78, 5) is 3.84. The number of thiophene rings is 1. The van der Waals surface area contributed by atoms with Gasteiger partial charge < -0.3 is 5.11 Å². The van der Waals surface area contributed by atoms with Crippen molar-refractivity contribution in [1.29, 1.82) is 0 Å². The van der Waals surface area contributed by atoms with Crippen LogP contribution >= 0.6 is 11.3 Å². The zero-order chi connectivity index (χ0) is 19.1. The maximum Gasteiger partial charge on any atom is 0.0923 e. The first-order valence-electron chi connectivity index (χ1n) is 10.1. The Labute approximate surface area is 169 Å². The van der Waals surface area contributed by atoms with Gasteiger partial charge >= 0.3 is 0 Å². The largest absolute Gasteiger partial charge is 0.391 e. The van der Waals surface area contributed by atoms with Gasteiger partial charge in [-0.1, -0.05) is 41.1 Å². The summed E-state index contributed by atoms with van der Waals surface area (Å²) in [6.45, 7) is 3.77. The van der Waals surface area contributed by atoms with Gasteiger partial charge in [0.25, 0.3) is 0 Å². The van der Waals surface area contributed by atoms with Crippen LogP contribution in [-0.2, 0) is 6.54 Å². The molecule has 0 spiro atoms. The smallest absolute Gasteiger partial charge is 0.0923 e. The highest BCUT2D eigenvalue weighted by atomic mass is 32.1. The van der Waals surface area contributed by atoms with Gasteiger partial charge in [0.1, 0.15) is 0 Å². The Bertz CT molecular complexity index is 916. The molecule has 6 heteroatoms. The van der Waals surface area contributed by atoms with Crippen molar-refractivity contribution in [3.05, 3.63) is 69.7 Å². The van der Waals surface area contributed by atoms with Crippen molar-refractivity contribution in [1.82, 2.24) is 19.9 Å². The molecular weight excluding hydrogens is 368 g/mol. The fraction of sp³-hybridized carbons (Fsp3) is 0.455. The Kier molecular flexibility index (Phi) is 4.78. The lowest BCUT2D eigenvalue weighted by molar-refractivity contribution is -0.0105. The standard InChI is InChI=1S/C22H26N4OS/c1-15-4-6-17(7-5-15)20-11-22(27)21(14-25(20)12-18-3-2-10-28-18)26-13-19(23-24-26)16-8-9-16/h2-7,10,13,16,20-22,27H,8-9,11-12,14H2,1H3. The highest BCUT2D eigenvalue weighted by Crippen LogP contribution is 2.40. The summed E-state index contributed by atoms with van der Waals surface area (Å²) in [5.41, 5.74) is 3.62. The summed E-state index contributed by atoms with van der Waals surface area (Å²) in [6, 6.07) is 13.2. The number of likely N-dealkylation sites (tertiary alicyclic amines) is 1. The lowest BCUT2D eigenvalue weighted by atomic mass is 9.90. The van der Waals surface area contributed by atoms with Gasteiger partial charge in [0, 0.05) is 36.1 Å². The van der Waals surface area contributed by atoms with Crippen molar-refractivity contribution in [3.63, 3.8) is 0 Å². The number of piperidine rings is 1. The first-order chi connectivity index (χ1) is 13.7. The van der Waals surface area contributed by atoms with Crippen LogP contribution in [0.1, 0.15) is 59.0 Å². The SMILES string of the molecule is Cc1ccc(C2CC(O)C(n3cc(C4CC4)nn3)CN2Cc2cccs2)cc1. The summed E-state index contributed by atoms with van der Waals surface area (Å²) >= 11 is 1.79. The molecule has 3 atom stereocenters. The number of benzene rings is 1. The number of nitrogens with zero attached hydrogens (tertiary/aromatic N) is 4. The van der Waals surface area contributed by atoms with Crippen LogP contribution < -0.4 is 0 Å². The maximum atomic E-state index is 11.0. The number of hydrogen-bond acceptors (Lipinski definition) is 5. The Hall–Kier alpha value is -2.02. The van der Waals surface area contributed by atoms with Crippen molar-refractivity contribution in [2.45, 2.75) is 56.8 Å². The molecule has 2 aliphatic rings. The van der Waals surface area contributed by atoms with Crippen molar-refractivity contribution in [2.24, 2.45) is 0 Å². The molecule has 3 aromatic rings. The third kappa shape index (κ3) is 3.64. The first-order valence-corrected chi connectivity index (χ1v) is 11.0. The van der Waals surface area contributed by atoms with E-state index in [9.17, 15) is 5.11 Å². The molecule has 3 unspecified atom stereocenters. The van der Waals surface area contributed by atoms with Crippen LogP contribution in [-0.4, -0.2) is 37.6 Å². The van der Waals surface area contributed by atoms with E-state index in [1.807, 2.05) is 4.68 Å². The van der Waals surface area contributed by atoms with Crippen LogP contribution in [0.15, 0.2) is 48.0 Å². The summed E-state index contributed by atoms with van der Waals surface area (Å²) in [7, 11) is 0. The molecule has 5 rings (SSSR count). The van der Waals surface area contributed by atoms with Crippen LogP contribution in [0.25, 0.3) is 0 Å². The van der Waals surface area contributed by atoms with Gasteiger partial charge in [-0.05, 0) is 43.2 Å². The Morgan fingerprint density at radius 3 is 2.71 bits per heavy atom. The topological polar surface area (TPSA) is 54.2 Å². The minimum Gasteiger partial charge on any atom is -0.391 e. The predicted molar refractivity (Wildman–Crippen MR) is 110 cm³/mol. The summed E-state index contributed by atoms with van der Waals surface area (Å²) in [5, 5.41) is 21.9. The Balaban J connectivity index is 1.42. The van der Waals surface area contributed by atoms with Gasteiger partial charge in [0.15, 0.2) is 0 Å². The average Bonchev–Trinajstić information content (AvgIpc) is 3.21. The molecule has 1 saturated heterocycles. The second-order valence-corrected chi connectivity index (χ2v) is 9.24. The van der Waals surface area contributed by atoms with E-state index in [-0.39, 0.29) is 12.1 Å². The Morgan fingerprint density at radius 1 is 1.18 bits per heavy atom. The third-order valence-corrected chi connectivity index (χ3v) is 6.90. The number of aliphatic hydroxyl groups excluding tert-OH is 1. The van der Waals surface area contributed by atoms with Crippen molar-refractivity contribution >= 4 is 11.3 Å². The van der Waals surface area contributed by atoms with Crippen LogP contribution in [0.5, 0.6) is 0 Å². The lowest BCUT2D eigenvalue weighted by Gasteiger charge is -2.42. The molecule has 1 aliphatic carbocycles. The van der Waals surface area contributed by atoms with Gasteiger partial charge in [-0.15, -0.1) is 16.4 Å². The highest BCUT2D eigenvalue weighted by Gasteiger charge is 2.38. The molecule has 1 N–H and O–H groups in total. The molecule has 146 valence electrons. The highest BCUT2D eigenvalue weighted by molar-refractivity contribution is 7.09. The quantitative estimate of drug-likeness (QED) is 0.709. The molecule has 2 fully saturated rings. The minimum atomic E-state index is -0.431. The number of rotatable bonds is 5. The van der Waals surface area contributed by atoms with Gasteiger partial charge in [-0.25, -0.2) is 4.68 Å². The maximum absolute atomic E-state index is 11.0. The fourth-order valence-electron chi connectivity index (χ4n) is 4.22. The minimum absolute atomic E-state index is 0.0540. The monoisotopic (exact) mass is 394 g/mol. The van der Waals surface area contributed by atoms with Crippen LogP contribution in [0, 0.1) is 6.92 Å². The van der Waals surface area contributed by atoms with E-state index in [1.165, 1.54) is 28.8 Å². The van der Waals surface area contributed by atoms with E-state index in [4.69, 9.17) is 0 Å². The van der Waals surface area contributed by atoms with Crippen molar-refractivity contribution in [3.8, 4) is 0 Å². The molecule has 2 aromatic heterocycles. The number of aromatic nitrogens is 3. The number of hydrogen-bond donors (Lipinski definition) is 1. The van der Waals surface area contributed by atoms with Gasteiger partial charge in [0.05, 0.1) is 17.8 Å². The van der Waals surface area contributed by atoms with Gasteiger partial charge in [-0.2, -0.15) is 0 Å². The van der Waals surface area contributed by atoms with Crippen molar-refractivity contribution < 1.29 is 5.11 Å². The van der Waals surface area contributed by atoms with E-state index >= 15 is 0 Å². The molecule has 0 amide bonds. The van der Waals surface area contributed by atoms with E-state index in [1.54, 1.807) is 11.3 Å². The fourth-order valence-corrected chi connectivity index (χ4v) is 4.95. The normalized spacial score (nSPS) is 25.9. The van der Waals surface area contributed by atoms with E-state index in [2.05, 4.69) is 70.1 Å². The van der Waals surface area contributed by atoms with E-state index < -0.39 is 6.10 Å². The Morgan fingerprint density at radius 2 is 2.00 bits per heavy atom. The molecule has 1 aliphatic heterocycles. The summed E-state index contributed by atoms with van der Waals surface area (Å²) in [5.74, 6) is 0.581. The zero-order valence-corrected chi connectivity index (χ0v) is 16.9. The van der Waals surface area contributed by atoms with Gasteiger partial charge in [-0.3, -0.25) is 4.90 Å². The summed E-state index contributed by atoms with van der Waals surface area (Å²) in [6.07, 6.45) is 4.76. The molecule has 5 nitrogen and oxygen atoms in total. The summed E-state index contributed by atoms with van der Waals surface area (Å²) < 4.78 is 1.91. The molecule has 1 saturated carbocycles. The zero-order valence-electron chi connectivity index (χ0n) is 16.1. The number of aliphatic hydroxyl groups is 1. The second-order valence-electron chi connectivity index (χ2n) is 8.20. The molecule has 0 bridgehead atoms. The number of aryl methyl sites for hydroxylation is 1. The molecule has 3 heterocycles. The van der Waals surface area contributed by atoms with Crippen LogP contribution in [0.2, 0.25) is 0 Å². The molecule has 0 radical (unpaired) electrons. The first kappa shape index (κ1) is 18.0. The van der Waals surface area contributed by atoms with Crippen LogP contribution in [0.4, 0.5) is 0 Å². The lowest BCUT2D eigenvalue weighted by Crippen LogP contribution is -2.45. The van der Waals surface area contributed by atoms with Gasteiger partial charge in [0.2, 0.25) is 0 Å². The molecule has 28 heavy (non-hydrogen) atoms. The third-order valence-electron chi connectivity index (χ3n) is 6.04. The molecular formula is C22H26N4OS. The van der Waals surface area contributed by atoms with E-state index in [0.29, 0.717) is 12.3 Å². The van der Waals surface area contributed by atoms with E-state index in [0.717, 1.165) is 18.8 Å². The van der Waals surface area contributed by atoms with Crippen LogP contribution in [0.3, 0.4) is 0 Å².